The van der Waals surface area contributed by atoms with Gasteiger partial charge >= 0.3 is 6.18 Å². The summed E-state index contributed by atoms with van der Waals surface area (Å²) in [7, 11) is 0. The number of nitrogens with one attached hydrogen (secondary N) is 1. The Hall–Kier alpha value is -1.74. The number of alkyl halides is 3. The molecule has 5 nitrogen and oxygen atoms in total. The van der Waals surface area contributed by atoms with E-state index in [1.807, 2.05) is 4.90 Å². The Balaban J connectivity index is 1.38. The number of hydrogen-bond donors (Lipinski definition) is 1. The Morgan fingerprint density at radius 2 is 1.85 bits per heavy atom. The SMILES string of the molecule is O=C1NC(CCCCN2CCN(c3cccc(C(F)(F)F)c3)CC2)SC1=O. The third kappa shape index (κ3) is 5.38. The molecular weight excluding hydrogens is 379 g/mol. The van der Waals surface area contributed by atoms with Crippen molar-refractivity contribution in [1.82, 2.24) is 10.2 Å². The Morgan fingerprint density at radius 1 is 1.11 bits per heavy atom. The summed E-state index contributed by atoms with van der Waals surface area (Å²) in [6, 6.07) is 5.48. The molecule has 1 unspecified atom stereocenters. The largest absolute Gasteiger partial charge is 0.416 e. The summed E-state index contributed by atoms with van der Waals surface area (Å²) in [5.41, 5.74) is 0.000858. The molecule has 9 heteroatoms. The zero-order chi connectivity index (χ0) is 19.4. The minimum atomic E-state index is -4.32. The van der Waals surface area contributed by atoms with Crippen molar-refractivity contribution in [1.29, 1.82) is 0 Å². The van der Waals surface area contributed by atoms with Crippen LogP contribution in [0.4, 0.5) is 18.9 Å². The molecule has 0 aromatic heterocycles. The van der Waals surface area contributed by atoms with Crippen LogP contribution < -0.4 is 10.2 Å². The van der Waals surface area contributed by atoms with Crippen LogP contribution in [0.15, 0.2) is 24.3 Å². The number of unbranched alkanes of at least 4 members (excludes halogenated alkanes) is 1. The van der Waals surface area contributed by atoms with E-state index in [0.717, 1.165) is 56.7 Å². The van der Waals surface area contributed by atoms with Crippen LogP contribution in [-0.4, -0.2) is 54.0 Å². The van der Waals surface area contributed by atoms with Crippen LogP contribution in [0.1, 0.15) is 24.8 Å². The summed E-state index contributed by atoms with van der Waals surface area (Å²) < 4.78 is 38.6. The Kier molecular flexibility index (Phi) is 6.31. The van der Waals surface area contributed by atoms with Crippen LogP contribution in [0.2, 0.25) is 0 Å². The summed E-state index contributed by atoms with van der Waals surface area (Å²) in [6.45, 7) is 3.93. The molecule has 0 radical (unpaired) electrons. The summed E-state index contributed by atoms with van der Waals surface area (Å²) in [6.07, 6.45) is -1.67. The van der Waals surface area contributed by atoms with Crippen molar-refractivity contribution >= 4 is 28.5 Å². The minimum absolute atomic E-state index is 0.109. The lowest BCUT2D eigenvalue weighted by Crippen LogP contribution is -2.46. The van der Waals surface area contributed by atoms with Crippen LogP contribution >= 0.6 is 11.8 Å². The lowest BCUT2D eigenvalue weighted by Gasteiger charge is -2.36. The molecule has 2 saturated heterocycles. The first-order valence-corrected chi connectivity index (χ1v) is 9.87. The van der Waals surface area contributed by atoms with E-state index < -0.39 is 22.8 Å². The topological polar surface area (TPSA) is 52.7 Å². The number of carbonyl (C=O) groups excluding carboxylic acids is 2. The van der Waals surface area contributed by atoms with E-state index in [-0.39, 0.29) is 5.37 Å². The first kappa shape index (κ1) is 20.0. The summed E-state index contributed by atoms with van der Waals surface area (Å²) in [4.78, 5) is 26.6. The molecule has 0 bridgehead atoms. The number of nitrogens with zero attached hydrogens (tertiary/aromatic N) is 2. The molecule has 1 atom stereocenters. The highest BCUT2D eigenvalue weighted by atomic mass is 32.2. The van der Waals surface area contributed by atoms with Crippen molar-refractivity contribution in [3.8, 4) is 0 Å². The molecule has 2 heterocycles. The summed E-state index contributed by atoms with van der Waals surface area (Å²) in [5, 5.41) is 2.14. The molecule has 1 aromatic rings. The number of piperazine rings is 1. The second kappa shape index (κ2) is 8.52. The minimum Gasteiger partial charge on any atom is -0.369 e. The second-order valence-corrected chi connectivity index (χ2v) is 7.92. The van der Waals surface area contributed by atoms with E-state index in [1.54, 1.807) is 6.07 Å². The van der Waals surface area contributed by atoms with Gasteiger partial charge in [0.2, 0.25) is 0 Å². The number of rotatable bonds is 6. The smallest absolute Gasteiger partial charge is 0.369 e. The number of halogens is 3. The van der Waals surface area contributed by atoms with Gasteiger partial charge in [0.1, 0.15) is 0 Å². The third-order valence-electron chi connectivity index (χ3n) is 4.83. The molecule has 0 aliphatic carbocycles. The summed E-state index contributed by atoms with van der Waals surface area (Å²) in [5.74, 6) is -0.504. The van der Waals surface area contributed by atoms with Crippen LogP contribution in [0.25, 0.3) is 0 Å². The highest BCUT2D eigenvalue weighted by Crippen LogP contribution is 2.32. The van der Waals surface area contributed by atoms with Crippen LogP contribution in [0, 0.1) is 0 Å². The Morgan fingerprint density at radius 3 is 2.48 bits per heavy atom. The van der Waals surface area contributed by atoms with Crippen molar-refractivity contribution in [3.05, 3.63) is 29.8 Å². The molecule has 3 rings (SSSR count). The molecule has 1 N–H and O–H groups in total. The van der Waals surface area contributed by atoms with Crippen LogP contribution in [-0.2, 0) is 15.8 Å². The number of benzene rings is 1. The van der Waals surface area contributed by atoms with E-state index in [0.29, 0.717) is 18.8 Å². The van der Waals surface area contributed by atoms with E-state index >= 15 is 0 Å². The van der Waals surface area contributed by atoms with E-state index in [4.69, 9.17) is 0 Å². The molecule has 1 aromatic carbocycles. The third-order valence-corrected chi connectivity index (χ3v) is 5.87. The number of carbonyl (C=O) groups is 2. The Labute approximate surface area is 160 Å². The molecule has 1 amide bonds. The number of thioether (sulfide) groups is 1. The lowest BCUT2D eigenvalue weighted by molar-refractivity contribution is -0.137. The second-order valence-electron chi connectivity index (χ2n) is 6.74. The molecule has 2 fully saturated rings. The van der Waals surface area contributed by atoms with Gasteiger partial charge in [0.05, 0.1) is 10.9 Å². The van der Waals surface area contributed by atoms with Gasteiger partial charge in [-0.2, -0.15) is 13.2 Å². The fraction of sp³-hybridized carbons (Fsp3) is 0.556. The van der Waals surface area contributed by atoms with Crippen molar-refractivity contribution < 1.29 is 22.8 Å². The molecule has 2 aliphatic heterocycles. The maximum absolute atomic E-state index is 12.9. The van der Waals surface area contributed by atoms with Gasteiger partial charge in [-0.15, -0.1) is 0 Å². The molecule has 27 heavy (non-hydrogen) atoms. The van der Waals surface area contributed by atoms with E-state index in [9.17, 15) is 22.8 Å². The highest BCUT2D eigenvalue weighted by molar-refractivity contribution is 8.16. The van der Waals surface area contributed by atoms with Gasteiger partial charge < -0.3 is 10.2 Å². The van der Waals surface area contributed by atoms with Gasteiger partial charge in [0, 0.05) is 31.9 Å². The summed E-state index contributed by atoms with van der Waals surface area (Å²) >= 11 is 1.06. The predicted molar refractivity (Wildman–Crippen MR) is 98.5 cm³/mol. The fourth-order valence-electron chi connectivity index (χ4n) is 3.32. The van der Waals surface area contributed by atoms with Gasteiger partial charge in [0.15, 0.2) is 0 Å². The number of amides is 1. The molecular formula is C18H22F3N3O2S. The van der Waals surface area contributed by atoms with Gasteiger partial charge in [-0.1, -0.05) is 17.8 Å². The van der Waals surface area contributed by atoms with Gasteiger partial charge in [-0.3, -0.25) is 14.5 Å². The maximum Gasteiger partial charge on any atom is 0.416 e. The predicted octanol–water partition coefficient (Wildman–Crippen LogP) is 2.71. The zero-order valence-electron chi connectivity index (χ0n) is 14.8. The molecule has 2 aliphatic rings. The molecule has 0 saturated carbocycles. The quantitative estimate of drug-likeness (QED) is 0.587. The number of anilines is 1. The van der Waals surface area contributed by atoms with Gasteiger partial charge in [-0.05, 0) is 44.0 Å². The van der Waals surface area contributed by atoms with E-state index in [1.165, 1.54) is 12.1 Å². The molecule has 0 spiro atoms. The van der Waals surface area contributed by atoms with Crippen LogP contribution in [0.3, 0.4) is 0 Å². The van der Waals surface area contributed by atoms with E-state index in [2.05, 4.69) is 10.2 Å². The van der Waals surface area contributed by atoms with Crippen molar-refractivity contribution in [3.63, 3.8) is 0 Å². The average Bonchev–Trinajstić information content (AvgIpc) is 2.96. The average molecular weight is 401 g/mol. The highest BCUT2D eigenvalue weighted by Gasteiger charge is 2.31. The van der Waals surface area contributed by atoms with Crippen molar-refractivity contribution in [2.75, 3.05) is 37.6 Å². The first-order valence-electron chi connectivity index (χ1n) is 8.99. The van der Waals surface area contributed by atoms with Crippen molar-refractivity contribution in [2.24, 2.45) is 0 Å². The molecule has 148 valence electrons. The first-order chi connectivity index (χ1) is 12.8. The standard InChI is InChI=1S/C18H22F3N3O2S/c19-18(20,21)13-4-3-5-14(12-13)24-10-8-23(9-11-24)7-2-1-6-15-22-16(25)17(26)27-15/h3-5,12,15H,1-2,6-11H2,(H,22,25). The zero-order valence-corrected chi connectivity index (χ0v) is 15.6. The van der Waals surface area contributed by atoms with Crippen LogP contribution in [0.5, 0.6) is 0 Å². The fourth-order valence-corrected chi connectivity index (χ4v) is 4.20. The Bertz CT molecular complexity index is 675. The monoisotopic (exact) mass is 401 g/mol. The number of hydrogen-bond acceptors (Lipinski definition) is 5. The van der Waals surface area contributed by atoms with Gasteiger partial charge in [0.25, 0.3) is 11.0 Å². The lowest BCUT2D eigenvalue weighted by atomic mass is 10.1. The van der Waals surface area contributed by atoms with Crippen molar-refractivity contribution in [2.45, 2.75) is 30.8 Å². The normalized spacial score (nSPS) is 21.6. The maximum atomic E-state index is 12.9. The van der Waals surface area contributed by atoms with Gasteiger partial charge in [-0.25, -0.2) is 0 Å².